The SMILES string of the molecule is Cc1ccc(C(=O)C2C(=O)C(=O)N(CCC[NH+]3CCOCC3)C2c2ccc(C)cc2)cc1. The number of benzene rings is 2. The quantitative estimate of drug-likeness (QED) is 0.407. The minimum absolute atomic E-state index is 0.282. The third-order valence-corrected chi connectivity index (χ3v) is 6.57. The van der Waals surface area contributed by atoms with Crippen LogP contribution < -0.4 is 4.90 Å². The number of carbonyl (C=O) groups is 3. The van der Waals surface area contributed by atoms with Crippen molar-refractivity contribution in [3.05, 3.63) is 70.8 Å². The van der Waals surface area contributed by atoms with Gasteiger partial charge in [-0.15, -0.1) is 0 Å². The summed E-state index contributed by atoms with van der Waals surface area (Å²) >= 11 is 0. The third kappa shape index (κ3) is 4.66. The van der Waals surface area contributed by atoms with E-state index in [1.54, 1.807) is 17.0 Å². The van der Waals surface area contributed by atoms with Crippen LogP contribution in [0.1, 0.15) is 39.5 Å². The molecule has 4 rings (SSSR count). The van der Waals surface area contributed by atoms with Crippen LogP contribution in [0.4, 0.5) is 0 Å². The van der Waals surface area contributed by atoms with Crippen molar-refractivity contribution in [2.45, 2.75) is 26.3 Å². The molecule has 2 saturated heterocycles. The fourth-order valence-electron chi connectivity index (χ4n) is 4.67. The maximum atomic E-state index is 13.4. The fraction of sp³-hybridized carbons (Fsp3) is 0.423. The van der Waals surface area contributed by atoms with Gasteiger partial charge in [-0.2, -0.15) is 0 Å². The van der Waals surface area contributed by atoms with E-state index in [4.69, 9.17) is 4.74 Å². The van der Waals surface area contributed by atoms with Gasteiger partial charge in [-0.1, -0.05) is 59.7 Å². The lowest BCUT2D eigenvalue weighted by atomic mass is 9.86. The smallest absolute Gasteiger partial charge is 0.291 e. The number of quaternary nitrogens is 1. The summed E-state index contributed by atoms with van der Waals surface area (Å²) in [5.41, 5.74) is 3.43. The largest absolute Gasteiger partial charge is 0.370 e. The fourth-order valence-corrected chi connectivity index (χ4v) is 4.67. The van der Waals surface area contributed by atoms with E-state index in [9.17, 15) is 14.4 Å². The van der Waals surface area contributed by atoms with Gasteiger partial charge < -0.3 is 14.5 Å². The predicted molar refractivity (Wildman–Crippen MR) is 121 cm³/mol. The van der Waals surface area contributed by atoms with Gasteiger partial charge in [0.2, 0.25) is 5.78 Å². The predicted octanol–water partition coefficient (Wildman–Crippen LogP) is 1.56. The molecule has 0 aliphatic carbocycles. The summed E-state index contributed by atoms with van der Waals surface area (Å²) < 4.78 is 5.42. The van der Waals surface area contributed by atoms with Crippen molar-refractivity contribution < 1.29 is 24.0 Å². The van der Waals surface area contributed by atoms with Crippen molar-refractivity contribution in [2.24, 2.45) is 5.92 Å². The molecule has 6 nitrogen and oxygen atoms in total. The van der Waals surface area contributed by atoms with Crippen molar-refractivity contribution in [2.75, 3.05) is 39.4 Å². The second-order valence-electron chi connectivity index (χ2n) is 8.89. The third-order valence-electron chi connectivity index (χ3n) is 6.57. The molecule has 0 bridgehead atoms. The number of Topliss-reactive ketones (excluding diaryl/α,β-unsaturated/α-hetero) is 2. The Kier molecular flexibility index (Phi) is 6.82. The van der Waals surface area contributed by atoms with E-state index in [-0.39, 0.29) is 5.78 Å². The molecule has 2 aliphatic heterocycles. The van der Waals surface area contributed by atoms with Crippen LogP contribution >= 0.6 is 0 Å². The van der Waals surface area contributed by atoms with Crippen LogP contribution in [0.5, 0.6) is 0 Å². The van der Waals surface area contributed by atoms with Crippen molar-refractivity contribution in [3.63, 3.8) is 0 Å². The van der Waals surface area contributed by atoms with Gasteiger partial charge in [0.05, 0.1) is 25.8 Å². The van der Waals surface area contributed by atoms with Crippen LogP contribution in [0, 0.1) is 19.8 Å². The van der Waals surface area contributed by atoms with E-state index < -0.39 is 23.7 Å². The van der Waals surface area contributed by atoms with Crippen molar-refractivity contribution in [3.8, 4) is 0 Å². The molecule has 2 aromatic carbocycles. The molecule has 0 saturated carbocycles. The summed E-state index contributed by atoms with van der Waals surface area (Å²) in [5, 5.41) is 0. The van der Waals surface area contributed by atoms with Crippen LogP contribution in [0.25, 0.3) is 0 Å². The standard InChI is InChI=1S/C26H30N2O4/c1-18-4-8-20(9-5-18)23-22(24(29)21-10-6-19(2)7-11-21)25(30)26(31)28(23)13-3-12-27-14-16-32-17-15-27/h4-11,22-23H,3,12-17H2,1-2H3/p+1. The van der Waals surface area contributed by atoms with Gasteiger partial charge in [0.1, 0.15) is 19.0 Å². The van der Waals surface area contributed by atoms with E-state index in [1.807, 2.05) is 50.2 Å². The van der Waals surface area contributed by atoms with Crippen LogP contribution in [0.15, 0.2) is 48.5 Å². The van der Waals surface area contributed by atoms with Crippen LogP contribution in [-0.4, -0.2) is 61.8 Å². The van der Waals surface area contributed by atoms with E-state index in [2.05, 4.69) is 0 Å². The molecule has 1 N–H and O–H groups in total. The minimum atomic E-state index is -1.01. The summed E-state index contributed by atoms with van der Waals surface area (Å²) in [6, 6.07) is 14.4. The Morgan fingerprint density at radius 1 is 0.969 bits per heavy atom. The summed E-state index contributed by atoms with van der Waals surface area (Å²) in [7, 11) is 0. The van der Waals surface area contributed by atoms with Crippen LogP contribution in [0.3, 0.4) is 0 Å². The lowest BCUT2D eigenvalue weighted by Crippen LogP contribution is -3.14. The number of amides is 1. The highest BCUT2D eigenvalue weighted by Crippen LogP contribution is 2.38. The Balaban J connectivity index is 1.60. The number of hydrogen-bond acceptors (Lipinski definition) is 4. The molecule has 1 amide bonds. The first kappa shape index (κ1) is 22.4. The first-order chi connectivity index (χ1) is 15.5. The lowest BCUT2D eigenvalue weighted by Gasteiger charge is -2.29. The Morgan fingerprint density at radius 3 is 2.19 bits per heavy atom. The highest BCUT2D eigenvalue weighted by atomic mass is 16.5. The Bertz CT molecular complexity index is 978. The van der Waals surface area contributed by atoms with E-state index in [0.717, 1.165) is 56.0 Å². The molecule has 0 spiro atoms. The molecule has 2 aromatic rings. The molecule has 2 unspecified atom stereocenters. The second-order valence-corrected chi connectivity index (χ2v) is 8.89. The van der Waals surface area contributed by atoms with Crippen molar-refractivity contribution >= 4 is 17.5 Å². The number of morpholine rings is 1. The first-order valence-corrected chi connectivity index (χ1v) is 11.4. The van der Waals surface area contributed by atoms with Gasteiger partial charge in [-0.25, -0.2) is 0 Å². The van der Waals surface area contributed by atoms with E-state index in [1.165, 1.54) is 4.90 Å². The molecule has 2 aliphatic rings. The highest BCUT2D eigenvalue weighted by molar-refractivity contribution is 6.44. The molecule has 0 radical (unpaired) electrons. The van der Waals surface area contributed by atoms with Crippen molar-refractivity contribution in [1.82, 2.24) is 4.90 Å². The van der Waals surface area contributed by atoms with Gasteiger partial charge >= 0.3 is 0 Å². The minimum Gasteiger partial charge on any atom is -0.370 e. The normalized spacial score (nSPS) is 21.9. The number of aryl methyl sites for hydroxylation is 2. The number of nitrogens with one attached hydrogen (secondary N) is 1. The van der Waals surface area contributed by atoms with E-state index >= 15 is 0 Å². The number of likely N-dealkylation sites (tertiary alicyclic amines) is 1. The van der Waals surface area contributed by atoms with Gasteiger partial charge in [0.15, 0.2) is 5.78 Å². The zero-order valence-corrected chi connectivity index (χ0v) is 18.8. The second kappa shape index (κ2) is 9.76. The van der Waals surface area contributed by atoms with Gasteiger partial charge in [0.25, 0.3) is 5.91 Å². The van der Waals surface area contributed by atoms with Gasteiger partial charge in [-0.05, 0) is 19.4 Å². The zero-order valence-electron chi connectivity index (χ0n) is 18.8. The van der Waals surface area contributed by atoms with Crippen molar-refractivity contribution in [1.29, 1.82) is 0 Å². The Labute approximate surface area is 189 Å². The number of rotatable bonds is 7. The Hall–Kier alpha value is -2.83. The topological polar surface area (TPSA) is 68.1 Å². The molecule has 2 fully saturated rings. The number of ether oxygens (including phenoxy) is 1. The van der Waals surface area contributed by atoms with Gasteiger partial charge in [-0.3, -0.25) is 14.4 Å². The number of hydrogen-bond donors (Lipinski definition) is 1. The molecule has 0 aromatic heterocycles. The maximum Gasteiger partial charge on any atom is 0.291 e. The Morgan fingerprint density at radius 2 is 1.56 bits per heavy atom. The summed E-state index contributed by atoms with van der Waals surface area (Å²) in [6.07, 6.45) is 0.780. The summed E-state index contributed by atoms with van der Waals surface area (Å²) in [4.78, 5) is 42.6. The average Bonchev–Trinajstić information content (AvgIpc) is 3.05. The summed E-state index contributed by atoms with van der Waals surface area (Å²) in [6.45, 7) is 8.76. The zero-order chi connectivity index (χ0) is 22.7. The molecule has 168 valence electrons. The summed E-state index contributed by atoms with van der Waals surface area (Å²) in [5.74, 6) is -2.43. The lowest BCUT2D eigenvalue weighted by molar-refractivity contribution is -0.908. The molecule has 6 heteroatoms. The maximum absolute atomic E-state index is 13.4. The average molecular weight is 436 g/mol. The molecule has 2 atom stereocenters. The number of carbonyl (C=O) groups excluding carboxylic acids is 3. The number of ketones is 2. The van der Waals surface area contributed by atoms with Gasteiger partial charge in [0, 0.05) is 18.5 Å². The molecule has 32 heavy (non-hydrogen) atoms. The van der Waals surface area contributed by atoms with Crippen LogP contribution in [0.2, 0.25) is 0 Å². The molecular weight excluding hydrogens is 404 g/mol. The number of nitrogens with zero attached hydrogens (tertiary/aromatic N) is 1. The highest BCUT2D eigenvalue weighted by Gasteiger charge is 2.51. The molecular formula is C26H31N2O4+. The van der Waals surface area contributed by atoms with Crippen LogP contribution in [-0.2, 0) is 14.3 Å². The monoisotopic (exact) mass is 435 g/mol. The molecule has 2 heterocycles. The first-order valence-electron chi connectivity index (χ1n) is 11.4. The van der Waals surface area contributed by atoms with E-state index in [0.29, 0.717) is 12.1 Å².